The van der Waals surface area contributed by atoms with Crippen molar-refractivity contribution in [1.82, 2.24) is 14.5 Å². The van der Waals surface area contributed by atoms with Crippen molar-refractivity contribution in [2.75, 3.05) is 25.0 Å². The van der Waals surface area contributed by atoms with E-state index in [1.54, 1.807) is 13.2 Å². The molecule has 0 aliphatic rings. The fourth-order valence-corrected chi connectivity index (χ4v) is 2.96. The van der Waals surface area contributed by atoms with Crippen LogP contribution in [0.4, 0.5) is 0 Å². The van der Waals surface area contributed by atoms with Crippen molar-refractivity contribution in [3.8, 4) is 5.88 Å². The Morgan fingerprint density at radius 3 is 2.71 bits per heavy atom. The third kappa shape index (κ3) is 4.07. The predicted octanol–water partition coefficient (Wildman–Crippen LogP) is 1.66. The Hall–Kier alpha value is -1.34. The van der Waals surface area contributed by atoms with Gasteiger partial charge in [0.2, 0.25) is 5.88 Å². The third-order valence-electron chi connectivity index (χ3n) is 3.07. The SMILES string of the molecule is COc1ccc2nc(CCCl)n(CCCS(C)(=O)=O)c2n1. The molecule has 116 valence electrons. The predicted molar refractivity (Wildman–Crippen MR) is 82.8 cm³/mol. The van der Waals surface area contributed by atoms with Crippen LogP contribution in [0.3, 0.4) is 0 Å². The van der Waals surface area contributed by atoms with Gasteiger partial charge in [0, 0.05) is 31.2 Å². The molecule has 0 unspecified atom stereocenters. The molecule has 2 aromatic heterocycles. The molecule has 0 aliphatic carbocycles. The molecule has 0 atom stereocenters. The number of aryl methyl sites for hydroxylation is 2. The van der Waals surface area contributed by atoms with Gasteiger partial charge in [-0.05, 0) is 12.5 Å². The summed E-state index contributed by atoms with van der Waals surface area (Å²) in [6.45, 7) is 0.538. The number of imidazole rings is 1. The van der Waals surface area contributed by atoms with E-state index in [1.165, 1.54) is 6.26 Å². The zero-order chi connectivity index (χ0) is 15.5. The molecule has 0 fully saturated rings. The summed E-state index contributed by atoms with van der Waals surface area (Å²) in [6, 6.07) is 3.59. The molecule has 0 radical (unpaired) electrons. The highest BCUT2D eigenvalue weighted by molar-refractivity contribution is 7.90. The Kier molecular flexibility index (Phi) is 5.05. The van der Waals surface area contributed by atoms with Crippen molar-refractivity contribution >= 4 is 32.6 Å². The van der Waals surface area contributed by atoms with E-state index in [9.17, 15) is 8.42 Å². The largest absolute Gasteiger partial charge is 0.481 e. The first kappa shape index (κ1) is 16.0. The summed E-state index contributed by atoms with van der Waals surface area (Å²) in [4.78, 5) is 8.90. The maximum atomic E-state index is 11.3. The second-order valence-corrected chi connectivity index (χ2v) is 7.44. The Labute approximate surface area is 129 Å². The Bertz CT molecular complexity index is 728. The number of methoxy groups -OCH3 is 1. The zero-order valence-electron chi connectivity index (χ0n) is 12.0. The fourth-order valence-electron chi connectivity index (χ4n) is 2.14. The number of rotatable bonds is 7. The highest BCUT2D eigenvalue weighted by atomic mass is 35.5. The van der Waals surface area contributed by atoms with Crippen LogP contribution < -0.4 is 4.74 Å². The average Bonchev–Trinajstić information content (AvgIpc) is 2.75. The molecule has 0 saturated carbocycles. The van der Waals surface area contributed by atoms with Crippen molar-refractivity contribution in [2.24, 2.45) is 0 Å². The lowest BCUT2D eigenvalue weighted by molar-refractivity contribution is 0.399. The van der Waals surface area contributed by atoms with Crippen LogP contribution in [0, 0.1) is 0 Å². The van der Waals surface area contributed by atoms with Gasteiger partial charge in [0.25, 0.3) is 0 Å². The molecule has 2 aromatic rings. The van der Waals surface area contributed by atoms with E-state index >= 15 is 0 Å². The van der Waals surface area contributed by atoms with Crippen LogP contribution in [-0.2, 0) is 22.8 Å². The van der Waals surface area contributed by atoms with Gasteiger partial charge in [-0.2, -0.15) is 4.98 Å². The van der Waals surface area contributed by atoms with Gasteiger partial charge in [-0.15, -0.1) is 11.6 Å². The van der Waals surface area contributed by atoms with Gasteiger partial charge in [-0.1, -0.05) is 0 Å². The first-order valence-corrected chi connectivity index (χ1v) is 9.18. The molecule has 0 aliphatic heterocycles. The summed E-state index contributed by atoms with van der Waals surface area (Å²) >= 11 is 5.81. The van der Waals surface area contributed by atoms with E-state index < -0.39 is 9.84 Å². The molecule has 0 saturated heterocycles. The Morgan fingerprint density at radius 2 is 2.10 bits per heavy atom. The molecule has 0 bridgehead atoms. The number of pyridine rings is 1. The molecule has 2 rings (SSSR count). The lowest BCUT2D eigenvalue weighted by Crippen LogP contribution is -2.10. The van der Waals surface area contributed by atoms with E-state index in [0.29, 0.717) is 36.8 Å². The highest BCUT2D eigenvalue weighted by Crippen LogP contribution is 2.19. The molecule has 0 amide bonds. The first-order valence-electron chi connectivity index (χ1n) is 6.58. The van der Waals surface area contributed by atoms with Crippen LogP contribution in [0.25, 0.3) is 11.2 Å². The van der Waals surface area contributed by atoms with Gasteiger partial charge in [-0.3, -0.25) is 0 Å². The zero-order valence-corrected chi connectivity index (χ0v) is 13.6. The summed E-state index contributed by atoms with van der Waals surface area (Å²) in [5.74, 6) is 1.90. The Balaban J connectivity index is 2.34. The Morgan fingerprint density at radius 1 is 1.33 bits per heavy atom. The van der Waals surface area contributed by atoms with Gasteiger partial charge in [0.05, 0.1) is 12.9 Å². The number of hydrogen-bond donors (Lipinski definition) is 0. The van der Waals surface area contributed by atoms with E-state index in [2.05, 4.69) is 9.97 Å². The van der Waals surface area contributed by atoms with Crippen LogP contribution >= 0.6 is 11.6 Å². The number of hydrogen-bond acceptors (Lipinski definition) is 5. The number of aromatic nitrogens is 3. The van der Waals surface area contributed by atoms with Crippen molar-refractivity contribution in [3.05, 3.63) is 18.0 Å². The van der Waals surface area contributed by atoms with Crippen molar-refractivity contribution < 1.29 is 13.2 Å². The third-order valence-corrected chi connectivity index (χ3v) is 4.29. The van der Waals surface area contributed by atoms with Crippen LogP contribution in [0.5, 0.6) is 5.88 Å². The minimum absolute atomic E-state index is 0.136. The van der Waals surface area contributed by atoms with E-state index in [0.717, 1.165) is 11.3 Å². The van der Waals surface area contributed by atoms with E-state index in [-0.39, 0.29) is 5.75 Å². The number of halogens is 1. The highest BCUT2D eigenvalue weighted by Gasteiger charge is 2.13. The standard InChI is InChI=1S/C13H18ClN3O3S/c1-20-12-5-4-10-13(16-12)17(11(15-10)6-7-14)8-3-9-21(2,18)19/h4-5H,3,6-9H2,1-2H3. The van der Waals surface area contributed by atoms with Crippen molar-refractivity contribution in [3.63, 3.8) is 0 Å². The fraction of sp³-hybridized carbons (Fsp3) is 0.538. The van der Waals surface area contributed by atoms with Crippen molar-refractivity contribution in [2.45, 2.75) is 19.4 Å². The molecule has 0 spiro atoms. The van der Waals surface area contributed by atoms with E-state index in [4.69, 9.17) is 16.3 Å². The summed E-state index contributed by atoms with van der Waals surface area (Å²) in [5, 5.41) is 0. The number of sulfone groups is 1. The monoisotopic (exact) mass is 331 g/mol. The molecule has 21 heavy (non-hydrogen) atoms. The summed E-state index contributed by atoms with van der Waals surface area (Å²) < 4.78 is 29.6. The normalized spacial score (nSPS) is 12.0. The number of ether oxygens (including phenoxy) is 1. The number of alkyl halides is 1. The van der Waals surface area contributed by atoms with Gasteiger partial charge >= 0.3 is 0 Å². The van der Waals surface area contributed by atoms with Crippen molar-refractivity contribution in [1.29, 1.82) is 0 Å². The summed E-state index contributed by atoms with van der Waals surface area (Å²) in [5.41, 5.74) is 1.46. The molecular weight excluding hydrogens is 314 g/mol. The average molecular weight is 332 g/mol. The lowest BCUT2D eigenvalue weighted by Gasteiger charge is -2.08. The maximum Gasteiger partial charge on any atom is 0.215 e. The van der Waals surface area contributed by atoms with Crippen LogP contribution in [-0.4, -0.2) is 48.0 Å². The van der Waals surface area contributed by atoms with Crippen LogP contribution in [0.1, 0.15) is 12.2 Å². The summed E-state index contributed by atoms with van der Waals surface area (Å²) in [7, 11) is -1.42. The first-order chi connectivity index (χ1) is 9.94. The minimum Gasteiger partial charge on any atom is -0.481 e. The maximum absolute atomic E-state index is 11.3. The van der Waals surface area contributed by atoms with Crippen LogP contribution in [0.15, 0.2) is 12.1 Å². The molecule has 6 nitrogen and oxygen atoms in total. The quantitative estimate of drug-likeness (QED) is 0.721. The second kappa shape index (κ2) is 6.62. The van der Waals surface area contributed by atoms with Gasteiger partial charge in [0.15, 0.2) is 5.65 Å². The minimum atomic E-state index is -2.97. The van der Waals surface area contributed by atoms with E-state index in [1.807, 2.05) is 10.6 Å². The number of nitrogens with zero attached hydrogens (tertiary/aromatic N) is 3. The molecule has 8 heteroatoms. The lowest BCUT2D eigenvalue weighted by atomic mass is 10.4. The van der Waals surface area contributed by atoms with Crippen LogP contribution in [0.2, 0.25) is 0 Å². The molecular formula is C13H18ClN3O3S. The topological polar surface area (TPSA) is 74.1 Å². The van der Waals surface area contributed by atoms with Gasteiger partial charge in [-0.25, -0.2) is 13.4 Å². The number of fused-ring (bicyclic) bond motifs is 1. The van der Waals surface area contributed by atoms with Gasteiger partial charge in [0.1, 0.15) is 21.2 Å². The summed E-state index contributed by atoms with van der Waals surface area (Å²) in [6.07, 6.45) is 2.36. The molecule has 0 N–H and O–H groups in total. The second-order valence-electron chi connectivity index (χ2n) is 4.80. The molecule has 0 aromatic carbocycles. The smallest absolute Gasteiger partial charge is 0.215 e. The molecule has 2 heterocycles. The van der Waals surface area contributed by atoms with Gasteiger partial charge < -0.3 is 9.30 Å².